The number of carbonyl (C=O) groups excluding carboxylic acids is 1. The van der Waals surface area contributed by atoms with Crippen LogP contribution in [0.4, 0.5) is 0 Å². The van der Waals surface area contributed by atoms with E-state index in [-0.39, 0.29) is 11.4 Å². The minimum absolute atomic E-state index is 0.0875. The fraction of sp³-hybridized carbons (Fsp3) is 0.692. The Bertz CT molecular complexity index is 475. The number of aryl methyl sites for hydroxylation is 2. The van der Waals surface area contributed by atoms with Crippen molar-refractivity contribution in [2.45, 2.75) is 32.2 Å². The quantitative estimate of drug-likeness (QED) is 0.823. The number of hydrogen-bond acceptors (Lipinski definition) is 4. The van der Waals surface area contributed by atoms with Crippen LogP contribution in [0.15, 0.2) is 0 Å². The van der Waals surface area contributed by atoms with E-state index in [0.717, 1.165) is 24.2 Å². The molecule has 0 aliphatic carbocycles. The van der Waals surface area contributed by atoms with E-state index in [9.17, 15) is 4.79 Å². The smallest absolute Gasteiger partial charge is 0.255 e. The van der Waals surface area contributed by atoms with Gasteiger partial charge in [0.15, 0.2) is 0 Å². The van der Waals surface area contributed by atoms with Crippen LogP contribution in [-0.4, -0.2) is 41.0 Å². The largest absolute Gasteiger partial charge is 0.381 e. The molecule has 0 atom stereocenters. The van der Waals surface area contributed by atoms with Gasteiger partial charge in [-0.3, -0.25) is 9.48 Å². The van der Waals surface area contributed by atoms with Crippen LogP contribution >= 0.6 is 0 Å². The van der Waals surface area contributed by atoms with Gasteiger partial charge in [0.25, 0.3) is 5.91 Å². The van der Waals surface area contributed by atoms with E-state index in [1.165, 1.54) is 0 Å². The topological polar surface area (TPSA) is 82.2 Å². The minimum atomic E-state index is -0.343. The van der Waals surface area contributed by atoms with Crippen LogP contribution in [0.5, 0.6) is 0 Å². The zero-order valence-electron chi connectivity index (χ0n) is 11.8. The predicted molar refractivity (Wildman–Crippen MR) is 72.0 cm³/mol. The van der Waals surface area contributed by atoms with Gasteiger partial charge in [-0.05, 0) is 26.7 Å². The summed E-state index contributed by atoms with van der Waals surface area (Å²) in [6.45, 7) is 5.46. The summed E-state index contributed by atoms with van der Waals surface area (Å²) in [5.74, 6) is -0.0875. The molecular formula is C13H22N4O2. The van der Waals surface area contributed by atoms with E-state index in [1.807, 2.05) is 20.9 Å². The molecule has 1 aliphatic rings. The molecule has 1 fully saturated rings. The Balaban J connectivity index is 2.20. The Labute approximate surface area is 113 Å². The van der Waals surface area contributed by atoms with Crippen molar-refractivity contribution >= 4 is 5.91 Å². The summed E-state index contributed by atoms with van der Waals surface area (Å²) in [6, 6.07) is 0. The molecule has 0 bridgehead atoms. The van der Waals surface area contributed by atoms with Crippen LogP contribution < -0.4 is 11.1 Å². The third-order valence-electron chi connectivity index (χ3n) is 3.96. The molecule has 106 valence electrons. The summed E-state index contributed by atoms with van der Waals surface area (Å²) in [6.07, 6.45) is 1.52. The van der Waals surface area contributed by atoms with Gasteiger partial charge in [-0.1, -0.05) is 0 Å². The summed E-state index contributed by atoms with van der Waals surface area (Å²) in [5.41, 5.74) is 7.78. The molecule has 1 amide bonds. The molecule has 1 aromatic heterocycles. The Morgan fingerprint density at radius 1 is 1.47 bits per heavy atom. The maximum Gasteiger partial charge on any atom is 0.255 e. The first kappa shape index (κ1) is 14.0. The Kier molecular flexibility index (Phi) is 3.91. The number of nitrogens with one attached hydrogen (secondary N) is 1. The number of carbonyl (C=O) groups is 1. The zero-order chi connectivity index (χ0) is 14.0. The maximum absolute atomic E-state index is 12.5. The van der Waals surface area contributed by atoms with Crippen LogP contribution in [0.25, 0.3) is 0 Å². The van der Waals surface area contributed by atoms with Gasteiger partial charge in [0, 0.05) is 32.5 Å². The van der Waals surface area contributed by atoms with Gasteiger partial charge in [0.05, 0.1) is 16.8 Å². The van der Waals surface area contributed by atoms with Crippen molar-refractivity contribution in [3.63, 3.8) is 0 Å². The summed E-state index contributed by atoms with van der Waals surface area (Å²) in [5, 5.41) is 7.37. The van der Waals surface area contributed by atoms with E-state index in [4.69, 9.17) is 10.5 Å². The van der Waals surface area contributed by atoms with Crippen molar-refractivity contribution in [3.8, 4) is 0 Å². The summed E-state index contributed by atoms with van der Waals surface area (Å²) in [7, 11) is 1.84. The number of hydrogen-bond donors (Lipinski definition) is 2. The van der Waals surface area contributed by atoms with Crippen LogP contribution in [0.1, 0.15) is 34.6 Å². The number of aromatic nitrogens is 2. The first-order valence-corrected chi connectivity index (χ1v) is 6.59. The van der Waals surface area contributed by atoms with Crippen molar-refractivity contribution in [1.82, 2.24) is 15.1 Å². The highest BCUT2D eigenvalue weighted by molar-refractivity contribution is 5.96. The van der Waals surface area contributed by atoms with Gasteiger partial charge in [-0.25, -0.2) is 0 Å². The van der Waals surface area contributed by atoms with Crippen LogP contribution in [0.2, 0.25) is 0 Å². The minimum Gasteiger partial charge on any atom is -0.381 e. The molecule has 0 aromatic carbocycles. The monoisotopic (exact) mass is 266 g/mol. The Morgan fingerprint density at radius 3 is 2.58 bits per heavy atom. The van der Waals surface area contributed by atoms with Gasteiger partial charge < -0.3 is 15.8 Å². The standard InChI is InChI=1S/C13H22N4O2/c1-9-11(10(2)17(3)16-9)12(18)15-13(8-14)4-6-19-7-5-13/h4-8,14H2,1-3H3,(H,15,18). The number of rotatable bonds is 3. The fourth-order valence-corrected chi connectivity index (χ4v) is 2.55. The van der Waals surface area contributed by atoms with Crippen molar-refractivity contribution < 1.29 is 9.53 Å². The van der Waals surface area contributed by atoms with E-state index < -0.39 is 0 Å². The lowest BCUT2D eigenvalue weighted by Gasteiger charge is -2.37. The number of nitrogens with zero attached hydrogens (tertiary/aromatic N) is 2. The molecule has 19 heavy (non-hydrogen) atoms. The first-order chi connectivity index (χ1) is 8.99. The lowest BCUT2D eigenvalue weighted by Crippen LogP contribution is -2.56. The average molecular weight is 266 g/mol. The lowest BCUT2D eigenvalue weighted by atomic mass is 9.89. The highest BCUT2D eigenvalue weighted by Gasteiger charge is 2.34. The van der Waals surface area contributed by atoms with Crippen LogP contribution in [0, 0.1) is 13.8 Å². The fourth-order valence-electron chi connectivity index (χ4n) is 2.55. The van der Waals surface area contributed by atoms with Gasteiger partial charge in [-0.15, -0.1) is 0 Å². The van der Waals surface area contributed by atoms with Crippen molar-refractivity contribution in [1.29, 1.82) is 0 Å². The molecule has 2 heterocycles. The summed E-state index contributed by atoms with van der Waals surface area (Å²) < 4.78 is 7.07. The van der Waals surface area contributed by atoms with Gasteiger partial charge in [0.2, 0.25) is 0 Å². The molecule has 0 unspecified atom stereocenters. The maximum atomic E-state index is 12.5. The zero-order valence-corrected chi connectivity index (χ0v) is 11.8. The first-order valence-electron chi connectivity index (χ1n) is 6.59. The molecule has 1 saturated heterocycles. The van der Waals surface area contributed by atoms with Crippen LogP contribution in [0.3, 0.4) is 0 Å². The Morgan fingerprint density at radius 2 is 2.11 bits per heavy atom. The molecule has 2 rings (SSSR count). The second-order valence-corrected chi connectivity index (χ2v) is 5.22. The summed E-state index contributed by atoms with van der Waals surface area (Å²) in [4.78, 5) is 12.5. The van der Waals surface area contributed by atoms with Crippen molar-refractivity contribution in [3.05, 3.63) is 17.0 Å². The molecule has 3 N–H and O–H groups in total. The van der Waals surface area contributed by atoms with E-state index in [0.29, 0.717) is 25.3 Å². The summed E-state index contributed by atoms with van der Waals surface area (Å²) >= 11 is 0. The normalized spacial score (nSPS) is 18.3. The molecular weight excluding hydrogens is 244 g/mol. The van der Waals surface area contributed by atoms with E-state index >= 15 is 0 Å². The van der Waals surface area contributed by atoms with Gasteiger partial charge in [0.1, 0.15) is 0 Å². The highest BCUT2D eigenvalue weighted by atomic mass is 16.5. The Hall–Kier alpha value is -1.40. The van der Waals surface area contributed by atoms with Gasteiger partial charge >= 0.3 is 0 Å². The molecule has 1 aromatic rings. The predicted octanol–water partition coefficient (Wildman–Crippen LogP) is 0.275. The van der Waals surface area contributed by atoms with Crippen LogP contribution in [-0.2, 0) is 11.8 Å². The molecule has 6 heteroatoms. The average Bonchev–Trinajstić information content (AvgIpc) is 2.64. The third kappa shape index (κ3) is 2.64. The number of nitrogens with two attached hydrogens (primary N) is 1. The molecule has 0 radical (unpaired) electrons. The molecule has 0 saturated carbocycles. The number of amides is 1. The molecule has 6 nitrogen and oxygen atoms in total. The lowest BCUT2D eigenvalue weighted by molar-refractivity contribution is 0.0388. The van der Waals surface area contributed by atoms with Gasteiger partial charge in [-0.2, -0.15) is 5.10 Å². The molecule has 0 spiro atoms. The van der Waals surface area contributed by atoms with Crippen molar-refractivity contribution in [2.24, 2.45) is 12.8 Å². The SMILES string of the molecule is Cc1nn(C)c(C)c1C(=O)NC1(CN)CCOCC1. The second kappa shape index (κ2) is 5.30. The van der Waals surface area contributed by atoms with Crippen molar-refractivity contribution in [2.75, 3.05) is 19.8 Å². The highest BCUT2D eigenvalue weighted by Crippen LogP contribution is 2.21. The number of ether oxygens (including phenoxy) is 1. The van der Waals surface area contributed by atoms with E-state index in [2.05, 4.69) is 10.4 Å². The molecule has 1 aliphatic heterocycles. The second-order valence-electron chi connectivity index (χ2n) is 5.22. The van der Waals surface area contributed by atoms with E-state index in [1.54, 1.807) is 4.68 Å². The third-order valence-corrected chi connectivity index (χ3v) is 3.96.